The maximum Gasteiger partial charge on any atom is 0.308 e. The van der Waals surface area contributed by atoms with Crippen LogP contribution in [0.4, 0.5) is 0 Å². The molecule has 0 heterocycles. The monoisotopic (exact) mass is 398 g/mol. The van der Waals surface area contributed by atoms with Crippen molar-refractivity contribution in [1.82, 2.24) is 0 Å². The maximum atomic E-state index is 12.0. The van der Waals surface area contributed by atoms with Gasteiger partial charge in [-0.25, -0.2) is 0 Å². The molecule has 0 aliphatic heterocycles. The molecule has 0 saturated heterocycles. The van der Waals surface area contributed by atoms with Crippen molar-refractivity contribution in [2.75, 3.05) is 0 Å². The zero-order valence-corrected chi connectivity index (χ0v) is 18.3. The normalized spacial score (nSPS) is 35.2. The summed E-state index contributed by atoms with van der Waals surface area (Å²) in [5, 5.41) is 0. The zero-order chi connectivity index (χ0) is 20.8. The van der Waals surface area contributed by atoms with Crippen molar-refractivity contribution in [2.45, 2.75) is 90.6 Å². The Morgan fingerprint density at radius 2 is 1.90 bits per heavy atom. The third-order valence-corrected chi connectivity index (χ3v) is 8.24. The van der Waals surface area contributed by atoms with Crippen molar-refractivity contribution in [2.24, 2.45) is 17.3 Å². The average Bonchev–Trinajstić information content (AvgIpc) is 2.93. The van der Waals surface area contributed by atoms with Crippen molar-refractivity contribution in [3.63, 3.8) is 0 Å². The predicted octanol–water partition coefficient (Wildman–Crippen LogP) is 5.57. The molecule has 0 radical (unpaired) electrons. The van der Waals surface area contributed by atoms with Gasteiger partial charge in [-0.15, -0.1) is 0 Å². The molecule has 0 aromatic heterocycles. The van der Waals surface area contributed by atoms with Gasteiger partial charge in [0.1, 0.15) is 11.4 Å². The van der Waals surface area contributed by atoms with E-state index in [4.69, 9.17) is 9.47 Å². The van der Waals surface area contributed by atoms with Gasteiger partial charge >= 0.3 is 11.9 Å². The van der Waals surface area contributed by atoms with E-state index in [1.165, 1.54) is 24.5 Å². The topological polar surface area (TPSA) is 52.6 Å². The van der Waals surface area contributed by atoms with Crippen LogP contribution in [0, 0.1) is 17.3 Å². The molecule has 0 N–H and O–H groups in total. The van der Waals surface area contributed by atoms with Gasteiger partial charge in [-0.05, 0) is 86.0 Å². The lowest BCUT2D eigenvalue weighted by atomic mass is 9.53. The third-order valence-electron chi connectivity index (χ3n) is 8.24. The van der Waals surface area contributed by atoms with Crippen LogP contribution in [0.25, 0.3) is 0 Å². The molecule has 1 aromatic carbocycles. The molecule has 0 spiro atoms. The summed E-state index contributed by atoms with van der Waals surface area (Å²) in [7, 11) is 0. The Morgan fingerprint density at radius 1 is 1.10 bits per heavy atom. The molecule has 2 saturated carbocycles. The average molecular weight is 399 g/mol. The highest BCUT2D eigenvalue weighted by molar-refractivity contribution is 5.69. The van der Waals surface area contributed by atoms with Crippen LogP contribution < -0.4 is 4.74 Å². The van der Waals surface area contributed by atoms with Gasteiger partial charge in [0.05, 0.1) is 0 Å². The van der Waals surface area contributed by atoms with Gasteiger partial charge in [0.25, 0.3) is 0 Å². The van der Waals surface area contributed by atoms with E-state index < -0.39 is 0 Å². The number of carbonyl (C=O) groups excluding carboxylic acids is 2. The number of fused-ring (bicyclic) bond motifs is 5. The number of ether oxygens (including phenoxy) is 2. The van der Waals surface area contributed by atoms with E-state index in [0.29, 0.717) is 23.5 Å². The molecule has 4 nitrogen and oxygen atoms in total. The smallest absolute Gasteiger partial charge is 0.308 e. The molecule has 1 unspecified atom stereocenters. The predicted molar refractivity (Wildman–Crippen MR) is 112 cm³/mol. The summed E-state index contributed by atoms with van der Waals surface area (Å²) in [6.07, 6.45) is 8.64. The SMILES string of the molecule is CCCC1(OC(C)=O)CC[C@H]2[C@@H]3CCc4cc(OC(C)=O)ccc4[C@H]3CC[C@@]21C. The molecule has 1 aromatic rings. The Hall–Kier alpha value is -1.84. The molecule has 0 bridgehead atoms. The number of esters is 2. The molecule has 3 aliphatic carbocycles. The molecule has 2 fully saturated rings. The minimum absolute atomic E-state index is 0.0744. The molecule has 29 heavy (non-hydrogen) atoms. The Kier molecular flexibility index (Phi) is 5.25. The molecule has 4 rings (SSSR count). The lowest BCUT2D eigenvalue weighted by Crippen LogP contribution is -2.52. The fraction of sp³-hybridized carbons (Fsp3) is 0.680. The van der Waals surface area contributed by atoms with Crippen LogP contribution in [0.5, 0.6) is 5.75 Å². The van der Waals surface area contributed by atoms with E-state index >= 15 is 0 Å². The summed E-state index contributed by atoms with van der Waals surface area (Å²) in [6.45, 7) is 7.62. The van der Waals surface area contributed by atoms with Crippen molar-refractivity contribution in [3.05, 3.63) is 29.3 Å². The number of benzene rings is 1. The quantitative estimate of drug-likeness (QED) is 0.491. The number of carbonyl (C=O) groups is 2. The first-order chi connectivity index (χ1) is 13.8. The van der Waals surface area contributed by atoms with Crippen LogP contribution in [0.15, 0.2) is 18.2 Å². The van der Waals surface area contributed by atoms with Crippen LogP contribution in [0.1, 0.15) is 89.7 Å². The number of rotatable bonds is 4. The molecule has 4 heteroatoms. The van der Waals surface area contributed by atoms with Gasteiger partial charge < -0.3 is 9.47 Å². The first kappa shape index (κ1) is 20.4. The number of hydrogen-bond donors (Lipinski definition) is 0. The number of aryl methyl sites for hydroxylation is 1. The molecule has 158 valence electrons. The van der Waals surface area contributed by atoms with E-state index in [1.54, 1.807) is 6.92 Å². The molecule has 3 aliphatic rings. The van der Waals surface area contributed by atoms with Gasteiger partial charge in [-0.1, -0.05) is 26.3 Å². The molecular formula is C25H34O4. The Labute approximate surface area is 174 Å². The Morgan fingerprint density at radius 3 is 2.59 bits per heavy atom. The fourth-order valence-corrected chi connectivity index (χ4v) is 7.19. The largest absolute Gasteiger partial charge is 0.459 e. The third kappa shape index (κ3) is 3.29. The zero-order valence-electron chi connectivity index (χ0n) is 18.3. The number of hydrogen-bond acceptors (Lipinski definition) is 4. The van der Waals surface area contributed by atoms with Crippen molar-refractivity contribution in [1.29, 1.82) is 0 Å². The van der Waals surface area contributed by atoms with Crippen molar-refractivity contribution >= 4 is 11.9 Å². The lowest BCUT2D eigenvalue weighted by Gasteiger charge is -2.54. The van der Waals surface area contributed by atoms with E-state index in [-0.39, 0.29) is 23.0 Å². The Bertz CT molecular complexity index is 815. The van der Waals surface area contributed by atoms with E-state index in [9.17, 15) is 9.59 Å². The second-order valence-electron chi connectivity index (χ2n) is 9.70. The summed E-state index contributed by atoms with van der Waals surface area (Å²) >= 11 is 0. The summed E-state index contributed by atoms with van der Waals surface area (Å²) in [4.78, 5) is 23.3. The van der Waals surface area contributed by atoms with E-state index in [2.05, 4.69) is 26.0 Å². The standard InChI is InChI=1S/C25H34O4/c1-5-12-25(29-17(3)27)14-11-23-22-8-6-18-15-19(28-16(2)26)7-9-20(18)21(22)10-13-24(23,25)4/h7,9,15,21-23H,5-6,8,10-14H2,1-4H3/t21-,22-,23+,24+,25?/m1/s1. The molecule has 0 amide bonds. The van der Waals surface area contributed by atoms with E-state index in [1.807, 2.05) is 6.07 Å². The van der Waals surface area contributed by atoms with Crippen LogP contribution >= 0.6 is 0 Å². The molecular weight excluding hydrogens is 364 g/mol. The first-order valence-electron chi connectivity index (χ1n) is 11.3. The van der Waals surface area contributed by atoms with Gasteiger partial charge in [0.15, 0.2) is 0 Å². The second-order valence-corrected chi connectivity index (χ2v) is 9.70. The Balaban J connectivity index is 1.63. The van der Waals surface area contributed by atoms with Gasteiger partial charge in [-0.2, -0.15) is 0 Å². The van der Waals surface area contributed by atoms with Crippen LogP contribution in [-0.2, 0) is 20.7 Å². The fourth-order valence-electron chi connectivity index (χ4n) is 7.19. The van der Waals surface area contributed by atoms with Crippen molar-refractivity contribution in [3.8, 4) is 5.75 Å². The maximum absolute atomic E-state index is 12.0. The highest BCUT2D eigenvalue weighted by Crippen LogP contribution is 2.66. The van der Waals surface area contributed by atoms with Crippen LogP contribution in [-0.4, -0.2) is 17.5 Å². The second kappa shape index (κ2) is 7.45. The lowest BCUT2D eigenvalue weighted by molar-refractivity contribution is -0.179. The summed E-state index contributed by atoms with van der Waals surface area (Å²) in [5.74, 6) is 2.08. The van der Waals surface area contributed by atoms with Crippen molar-refractivity contribution < 1.29 is 19.1 Å². The van der Waals surface area contributed by atoms with Crippen LogP contribution in [0.2, 0.25) is 0 Å². The summed E-state index contributed by atoms with van der Waals surface area (Å²) in [6, 6.07) is 6.20. The minimum Gasteiger partial charge on any atom is -0.459 e. The van der Waals surface area contributed by atoms with E-state index in [0.717, 1.165) is 44.9 Å². The van der Waals surface area contributed by atoms with Gasteiger partial charge in [-0.3, -0.25) is 9.59 Å². The van der Waals surface area contributed by atoms with Gasteiger partial charge in [0, 0.05) is 19.3 Å². The summed E-state index contributed by atoms with van der Waals surface area (Å²) < 4.78 is 11.4. The minimum atomic E-state index is -0.289. The highest BCUT2D eigenvalue weighted by Gasteiger charge is 2.63. The van der Waals surface area contributed by atoms with Gasteiger partial charge in [0.2, 0.25) is 0 Å². The molecule has 5 atom stereocenters. The van der Waals surface area contributed by atoms with Crippen LogP contribution in [0.3, 0.4) is 0 Å². The first-order valence-corrected chi connectivity index (χ1v) is 11.3. The highest BCUT2D eigenvalue weighted by atomic mass is 16.6. The summed E-state index contributed by atoms with van der Waals surface area (Å²) in [5.41, 5.74) is 2.57.